The zero-order valence-corrected chi connectivity index (χ0v) is 15.0. The lowest BCUT2D eigenvalue weighted by molar-refractivity contribution is -0.142. The first kappa shape index (κ1) is 24.7. The van der Waals surface area contributed by atoms with E-state index in [1.165, 1.54) is 0 Å². The predicted octanol–water partition coefficient (Wildman–Crippen LogP) is -5.53. The van der Waals surface area contributed by atoms with Gasteiger partial charge in [-0.1, -0.05) is 0 Å². The fourth-order valence-electron chi connectivity index (χ4n) is 2.02. The van der Waals surface area contributed by atoms with Crippen LogP contribution in [-0.4, -0.2) is 79.1 Å². The molecule has 0 aliphatic rings. The molecule has 0 aliphatic heterocycles. The zero-order valence-electron chi connectivity index (χ0n) is 15.0. The number of nitrogens with two attached hydrogens (primary N) is 5. The summed E-state index contributed by atoms with van der Waals surface area (Å²) in [6.07, 6.45) is 0.318. The Balaban J connectivity index is 4.98. The van der Waals surface area contributed by atoms with E-state index >= 15 is 0 Å². The predicted molar refractivity (Wildman–Crippen MR) is 96.9 cm³/mol. The molecule has 0 aromatic rings. The van der Waals surface area contributed by atoms with Crippen LogP contribution in [0.25, 0.3) is 0 Å². The molecule has 0 rings (SSSR count). The summed E-state index contributed by atoms with van der Waals surface area (Å²) in [5.41, 5.74) is 27.2. The minimum atomic E-state index is -1.32. The number of rotatable bonds is 13. The van der Waals surface area contributed by atoms with Gasteiger partial charge in [0.25, 0.3) is 0 Å². The van der Waals surface area contributed by atoms with Crippen LogP contribution >= 0.6 is 0 Å². The lowest BCUT2D eigenvalue weighted by Crippen LogP contribution is -2.59. The van der Waals surface area contributed by atoms with Crippen LogP contribution in [0.4, 0.5) is 0 Å². The van der Waals surface area contributed by atoms with E-state index in [-0.39, 0.29) is 39.0 Å². The molecule has 3 amide bonds. The summed E-state index contributed by atoms with van der Waals surface area (Å²) >= 11 is 0. The molecule has 14 N–H and O–H groups in total. The number of carbonyl (C=O) groups is 4. The third-order valence-electron chi connectivity index (χ3n) is 3.62. The van der Waals surface area contributed by atoms with Crippen molar-refractivity contribution in [3.05, 3.63) is 0 Å². The Labute approximate surface area is 156 Å². The Kier molecular flexibility index (Phi) is 11.8. The van der Waals surface area contributed by atoms with Crippen molar-refractivity contribution in [2.75, 3.05) is 26.2 Å². The SMILES string of the molecule is NCC[C@H](NC(=O)[C@@H](N)CCN)C(=O)N[C@@H](CN)C(=O)N[C@@H](CN)C(=O)O. The number of carboxylic acid groups (broad SMARTS) is 1. The molecular weight excluding hydrogens is 360 g/mol. The van der Waals surface area contributed by atoms with Crippen LogP contribution in [0.5, 0.6) is 0 Å². The molecule has 0 aromatic carbocycles. The van der Waals surface area contributed by atoms with E-state index in [1.807, 2.05) is 0 Å². The van der Waals surface area contributed by atoms with Crippen molar-refractivity contribution in [1.82, 2.24) is 16.0 Å². The number of hydrogen-bond donors (Lipinski definition) is 9. The summed E-state index contributed by atoms with van der Waals surface area (Å²) in [7, 11) is 0. The molecule has 0 spiro atoms. The molecule has 0 saturated carbocycles. The highest BCUT2D eigenvalue weighted by atomic mass is 16.4. The quantitative estimate of drug-likeness (QED) is 0.144. The van der Waals surface area contributed by atoms with Crippen molar-refractivity contribution in [1.29, 1.82) is 0 Å². The van der Waals surface area contributed by atoms with Gasteiger partial charge < -0.3 is 49.7 Å². The standard InChI is InChI=1S/C14H30N8O5/c15-3-1-7(19)11(23)20-8(2-4-16)12(24)21-9(5-17)13(25)22-10(6-18)14(26)27/h7-10H,1-6,15-19H2,(H,20,23)(H,21,24)(H,22,25)(H,26,27)/t7-,8-,9-,10-/m0/s1. The second kappa shape index (κ2) is 12.9. The van der Waals surface area contributed by atoms with E-state index in [4.69, 9.17) is 33.8 Å². The molecule has 0 fully saturated rings. The van der Waals surface area contributed by atoms with Gasteiger partial charge in [0.05, 0.1) is 6.04 Å². The van der Waals surface area contributed by atoms with Gasteiger partial charge in [-0.15, -0.1) is 0 Å². The van der Waals surface area contributed by atoms with Crippen LogP contribution in [0.3, 0.4) is 0 Å². The van der Waals surface area contributed by atoms with Crippen molar-refractivity contribution < 1.29 is 24.3 Å². The van der Waals surface area contributed by atoms with E-state index < -0.39 is 47.9 Å². The van der Waals surface area contributed by atoms with Gasteiger partial charge in [0.2, 0.25) is 17.7 Å². The maximum Gasteiger partial charge on any atom is 0.327 e. The summed E-state index contributed by atoms with van der Waals surface area (Å²) in [5, 5.41) is 15.9. The first-order valence-corrected chi connectivity index (χ1v) is 8.41. The summed E-state index contributed by atoms with van der Waals surface area (Å²) in [4.78, 5) is 47.4. The molecule has 0 aromatic heterocycles. The van der Waals surface area contributed by atoms with E-state index in [9.17, 15) is 19.2 Å². The van der Waals surface area contributed by atoms with Gasteiger partial charge in [-0.25, -0.2) is 4.79 Å². The maximum atomic E-state index is 12.4. The number of hydrogen-bond acceptors (Lipinski definition) is 9. The van der Waals surface area contributed by atoms with Crippen LogP contribution < -0.4 is 44.6 Å². The van der Waals surface area contributed by atoms with Gasteiger partial charge in [0.1, 0.15) is 18.1 Å². The third-order valence-corrected chi connectivity index (χ3v) is 3.62. The van der Waals surface area contributed by atoms with Crippen molar-refractivity contribution in [2.45, 2.75) is 37.0 Å². The number of carboxylic acids is 1. The summed E-state index contributed by atoms with van der Waals surface area (Å²) in [5.74, 6) is -3.44. The fourth-order valence-corrected chi connectivity index (χ4v) is 2.02. The molecule has 0 radical (unpaired) electrons. The zero-order chi connectivity index (χ0) is 21.0. The number of carbonyl (C=O) groups excluding carboxylic acids is 3. The molecular formula is C14H30N8O5. The monoisotopic (exact) mass is 390 g/mol. The van der Waals surface area contributed by atoms with Gasteiger partial charge in [-0.3, -0.25) is 14.4 Å². The van der Waals surface area contributed by atoms with Crippen molar-refractivity contribution in [2.24, 2.45) is 28.7 Å². The average Bonchev–Trinajstić information content (AvgIpc) is 2.62. The maximum absolute atomic E-state index is 12.4. The average molecular weight is 390 g/mol. The smallest absolute Gasteiger partial charge is 0.327 e. The molecule has 27 heavy (non-hydrogen) atoms. The highest BCUT2D eigenvalue weighted by molar-refractivity contribution is 5.94. The summed E-state index contributed by atoms with van der Waals surface area (Å²) in [6.45, 7) is -0.358. The molecule has 0 aliphatic carbocycles. The molecule has 0 unspecified atom stereocenters. The normalized spacial score (nSPS) is 15.1. The molecule has 13 nitrogen and oxygen atoms in total. The largest absolute Gasteiger partial charge is 0.480 e. The van der Waals surface area contributed by atoms with Crippen LogP contribution in [-0.2, 0) is 19.2 Å². The van der Waals surface area contributed by atoms with Gasteiger partial charge in [0.15, 0.2) is 0 Å². The van der Waals surface area contributed by atoms with Gasteiger partial charge >= 0.3 is 5.97 Å². The van der Waals surface area contributed by atoms with Gasteiger partial charge in [-0.2, -0.15) is 0 Å². The van der Waals surface area contributed by atoms with Crippen LogP contribution in [0.1, 0.15) is 12.8 Å². The van der Waals surface area contributed by atoms with Crippen molar-refractivity contribution in [3.63, 3.8) is 0 Å². The van der Waals surface area contributed by atoms with Crippen LogP contribution in [0.15, 0.2) is 0 Å². The number of aliphatic carboxylic acids is 1. The molecule has 13 heteroatoms. The summed E-state index contributed by atoms with van der Waals surface area (Å²) in [6, 6.07) is -4.48. The fraction of sp³-hybridized carbons (Fsp3) is 0.714. The highest BCUT2D eigenvalue weighted by Gasteiger charge is 2.28. The number of nitrogens with one attached hydrogen (secondary N) is 3. The highest BCUT2D eigenvalue weighted by Crippen LogP contribution is 1.96. The Bertz CT molecular complexity index is 518. The lowest BCUT2D eigenvalue weighted by Gasteiger charge is -2.24. The van der Waals surface area contributed by atoms with Crippen LogP contribution in [0, 0.1) is 0 Å². The van der Waals surface area contributed by atoms with E-state index in [0.29, 0.717) is 0 Å². The molecule has 0 bridgehead atoms. The first-order chi connectivity index (χ1) is 12.7. The Morgan fingerprint density at radius 3 is 1.59 bits per heavy atom. The van der Waals surface area contributed by atoms with Crippen molar-refractivity contribution >= 4 is 23.7 Å². The third kappa shape index (κ3) is 8.74. The number of amides is 3. The van der Waals surface area contributed by atoms with Gasteiger partial charge in [-0.05, 0) is 25.9 Å². The molecule has 4 atom stereocenters. The van der Waals surface area contributed by atoms with E-state index in [1.54, 1.807) is 0 Å². The second-order valence-electron chi connectivity index (χ2n) is 5.75. The van der Waals surface area contributed by atoms with E-state index in [0.717, 1.165) is 0 Å². The molecule has 0 saturated heterocycles. The van der Waals surface area contributed by atoms with Crippen molar-refractivity contribution in [3.8, 4) is 0 Å². The summed E-state index contributed by atoms with van der Waals surface area (Å²) < 4.78 is 0. The Morgan fingerprint density at radius 2 is 1.15 bits per heavy atom. The van der Waals surface area contributed by atoms with Crippen LogP contribution in [0.2, 0.25) is 0 Å². The van der Waals surface area contributed by atoms with E-state index in [2.05, 4.69) is 16.0 Å². The molecule has 0 heterocycles. The minimum absolute atomic E-state index is 0.0816. The molecule has 156 valence electrons. The topological polar surface area (TPSA) is 255 Å². The second-order valence-corrected chi connectivity index (χ2v) is 5.75. The lowest BCUT2D eigenvalue weighted by atomic mass is 10.1. The first-order valence-electron chi connectivity index (χ1n) is 8.41. The Hall–Kier alpha value is -2.32. The Morgan fingerprint density at radius 1 is 0.704 bits per heavy atom. The minimum Gasteiger partial charge on any atom is -0.480 e. The van der Waals surface area contributed by atoms with Gasteiger partial charge in [0, 0.05) is 13.1 Å².